The Morgan fingerprint density at radius 1 is 0.706 bits per heavy atom. The Balaban J connectivity index is 1.62. The molecule has 0 saturated heterocycles. The Hall–Kier alpha value is -3.43. The molecule has 0 aliphatic carbocycles. The Bertz CT molecular complexity index is 1410. The van der Waals surface area contributed by atoms with Gasteiger partial charge in [-0.1, -0.05) is 37.9 Å². The summed E-state index contributed by atoms with van der Waals surface area (Å²) in [5.41, 5.74) is 6.33. The number of amides is 3. The fourth-order valence-electron chi connectivity index (χ4n) is 3.59. The molecule has 0 atom stereocenters. The minimum Gasteiger partial charge on any atom is -0.321 e. The summed E-state index contributed by atoms with van der Waals surface area (Å²) in [5.74, 6) is -2.19. The van der Waals surface area contributed by atoms with E-state index in [1.54, 1.807) is 54.6 Å². The minimum absolute atomic E-state index is 0.170. The number of hydrogen-bond acceptors (Lipinski definition) is 3. The first kappa shape index (κ1) is 23.7. The predicted molar refractivity (Wildman–Crippen MR) is 141 cm³/mol. The minimum atomic E-state index is -0.905. The Kier molecular flexibility index (Phi) is 6.85. The quantitative estimate of drug-likeness (QED) is 0.267. The number of carbonyl (C=O) groups is 3. The van der Waals surface area contributed by atoms with Crippen molar-refractivity contribution in [1.82, 2.24) is 4.68 Å². The third-order valence-corrected chi connectivity index (χ3v) is 6.02. The van der Waals surface area contributed by atoms with Crippen LogP contribution in [0.15, 0.2) is 75.7 Å². The second-order valence-corrected chi connectivity index (χ2v) is 9.63. The van der Waals surface area contributed by atoms with E-state index in [1.807, 2.05) is 26.0 Å². The van der Waals surface area contributed by atoms with Crippen LogP contribution >= 0.6 is 31.9 Å². The zero-order chi connectivity index (χ0) is 24.4. The van der Waals surface area contributed by atoms with Gasteiger partial charge in [-0.15, -0.1) is 0 Å². The molecule has 3 aromatic carbocycles. The molecule has 0 radical (unpaired) electrons. The van der Waals surface area contributed by atoms with E-state index in [1.165, 1.54) is 4.68 Å². The number of aryl methyl sites for hydroxylation is 2. The maximum absolute atomic E-state index is 13.1. The standard InChI is InChI=1S/C25H20Br2N4O3/c1-14-9-15(2)11-20(10-14)29-24(33)25(34)30-31-21-8-5-18(27)12-16(21)13-22(31)23(32)28-19-6-3-17(26)4-7-19/h3-13H,1-2H3,(H,28,32)(H,29,33)(H,30,34). The summed E-state index contributed by atoms with van der Waals surface area (Å²) < 4.78 is 3.02. The van der Waals surface area contributed by atoms with Gasteiger partial charge in [0.05, 0.1) is 5.52 Å². The van der Waals surface area contributed by atoms with Crippen LogP contribution in [0.2, 0.25) is 0 Å². The number of nitrogens with zero attached hydrogens (tertiary/aromatic N) is 1. The van der Waals surface area contributed by atoms with Crippen LogP contribution in [0.4, 0.5) is 11.4 Å². The molecule has 172 valence electrons. The maximum Gasteiger partial charge on any atom is 0.328 e. The molecule has 0 aliphatic rings. The fourth-order valence-corrected chi connectivity index (χ4v) is 4.23. The van der Waals surface area contributed by atoms with E-state index < -0.39 is 17.7 Å². The molecule has 3 amide bonds. The molecule has 9 heteroatoms. The number of nitrogens with one attached hydrogen (secondary N) is 3. The summed E-state index contributed by atoms with van der Waals surface area (Å²) in [4.78, 5) is 38.5. The highest BCUT2D eigenvalue weighted by Crippen LogP contribution is 2.24. The molecule has 0 fully saturated rings. The smallest absolute Gasteiger partial charge is 0.321 e. The Labute approximate surface area is 212 Å². The SMILES string of the molecule is Cc1cc(C)cc(NC(=O)C(=O)Nn2c(C(=O)Nc3ccc(Br)cc3)cc3cc(Br)ccc32)c1. The molecule has 0 bridgehead atoms. The number of carbonyl (C=O) groups excluding carboxylic acids is 3. The molecule has 0 spiro atoms. The monoisotopic (exact) mass is 582 g/mol. The zero-order valence-corrected chi connectivity index (χ0v) is 21.5. The third-order valence-electron chi connectivity index (χ3n) is 5.00. The molecule has 1 aromatic heterocycles. The zero-order valence-electron chi connectivity index (χ0n) is 18.3. The largest absolute Gasteiger partial charge is 0.328 e. The first-order valence-electron chi connectivity index (χ1n) is 10.3. The van der Waals surface area contributed by atoms with Crippen LogP contribution in [0.1, 0.15) is 21.6 Å². The van der Waals surface area contributed by atoms with Crippen LogP contribution in [-0.2, 0) is 9.59 Å². The van der Waals surface area contributed by atoms with E-state index in [0.717, 1.165) is 20.1 Å². The van der Waals surface area contributed by atoms with Gasteiger partial charge in [0.15, 0.2) is 0 Å². The highest BCUT2D eigenvalue weighted by Gasteiger charge is 2.21. The third kappa shape index (κ3) is 5.37. The molecule has 4 rings (SSSR count). The number of fused-ring (bicyclic) bond motifs is 1. The van der Waals surface area contributed by atoms with Crippen molar-refractivity contribution in [3.63, 3.8) is 0 Å². The van der Waals surface area contributed by atoms with Gasteiger partial charge in [-0.05, 0) is 85.6 Å². The lowest BCUT2D eigenvalue weighted by molar-refractivity contribution is -0.133. The second-order valence-electron chi connectivity index (χ2n) is 7.80. The van der Waals surface area contributed by atoms with Crippen LogP contribution in [0.3, 0.4) is 0 Å². The van der Waals surface area contributed by atoms with Crippen molar-refractivity contribution in [2.45, 2.75) is 13.8 Å². The van der Waals surface area contributed by atoms with E-state index in [-0.39, 0.29) is 5.69 Å². The summed E-state index contributed by atoms with van der Waals surface area (Å²) in [7, 11) is 0. The number of aromatic nitrogens is 1. The molecule has 4 aromatic rings. The molecular formula is C25H20Br2N4O3. The average Bonchev–Trinajstić information content (AvgIpc) is 3.12. The van der Waals surface area contributed by atoms with Gasteiger partial charge in [0.25, 0.3) is 5.91 Å². The Morgan fingerprint density at radius 2 is 1.35 bits per heavy atom. The second kappa shape index (κ2) is 9.82. The highest BCUT2D eigenvalue weighted by atomic mass is 79.9. The molecule has 3 N–H and O–H groups in total. The van der Waals surface area contributed by atoms with Crippen LogP contribution in [0.5, 0.6) is 0 Å². The number of halogens is 2. The van der Waals surface area contributed by atoms with Crippen molar-refractivity contribution in [3.05, 3.63) is 92.5 Å². The van der Waals surface area contributed by atoms with Crippen molar-refractivity contribution in [1.29, 1.82) is 0 Å². The summed E-state index contributed by atoms with van der Waals surface area (Å²) >= 11 is 6.78. The van der Waals surface area contributed by atoms with Crippen molar-refractivity contribution < 1.29 is 14.4 Å². The summed E-state index contributed by atoms with van der Waals surface area (Å²) in [5, 5.41) is 6.14. The van der Waals surface area contributed by atoms with E-state index in [4.69, 9.17) is 0 Å². The molecule has 0 saturated carbocycles. The van der Waals surface area contributed by atoms with Crippen LogP contribution in [-0.4, -0.2) is 22.4 Å². The van der Waals surface area contributed by atoms with Gasteiger partial charge in [-0.25, -0.2) is 4.68 Å². The lowest BCUT2D eigenvalue weighted by atomic mass is 10.1. The van der Waals surface area contributed by atoms with Gasteiger partial charge < -0.3 is 10.6 Å². The van der Waals surface area contributed by atoms with E-state index in [2.05, 4.69) is 47.9 Å². The molecule has 0 aliphatic heterocycles. The van der Waals surface area contributed by atoms with Gasteiger partial charge in [-0.2, -0.15) is 0 Å². The lowest BCUT2D eigenvalue weighted by Gasteiger charge is -2.13. The van der Waals surface area contributed by atoms with Crippen LogP contribution in [0, 0.1) is 13.8 Å². The topological polar surface area (TPSA) is 92.2 Å². The van der Waals surface area contributed by atoms with Gasteiger partial charge in [0.1, 0.15) is 5.69 Å². The molecule has 0 unspecified atom stereocenters. The summed E-state index contributed by atoms with van der Waals surface area (Å²) in [6, 6.07) is 19.6. The molecule has 1 heterocycles. The van der Waals surface area contributed by atoms with Crippen LogP contribution in [0.25, 0.3) is 10.9 Å². The number of hydrogen-bond donors (Lipinski definition) is 3. The number of benzene rings is 3. The van der Waals surface area contributed by atoms with Gasteiger partial charge >= 0.3 is 11.8 Å². The van der Waals surface area contributed by atoms with Gasteiger partial charge in [-0.3, -0.25) is 19.8 Å². The van der Waals surface area contributed by atoms with Crippen LogP contribution < -0.4 is 16.1 Å². The molecular weight excluding hydrogens is 564 g/mol. The number of anilines is 2. The van der Waals surface area contributed by atoms with Crippen molar-refractivity contribution >= 4 is 71.9 Å². The highest BCUT2D eigenvalue weighted by molar-refractivity contribution is 9.10. The normalized spacial score (nSPS) is 10.7. The van der Waals surface area contributed by atoms with Crippen molar-refractivity contribution in [2.24, 2.45) is 0 Å². The first-order valence-corrected chi connectivity index (χ1v) is 11.9. The van der Waals surface area contributed by atoms with Crippen molar-refractivity contribution in [2.75, 3.05) is 16.1 Å². The summed E-state index contributed by atoms with van der Waals surface area (Å²) in [6.45, 7) is 3.81. The maximum atomic E-state index is 13.1. The summed E-state index contributed by atoms with van der Waals surface area (Å²) in [6.07, 6.45) is 0. The first-order chi connectivity index (χ1) is 16.2. The van der Waals surface area contributed by atoms with E-state index in [0.29, 0.717) is 22.3 Å². The van der Waals surface area contributed by atoms with Gasteiger partial charge in [0, 0.05) is 25.7 Å². The number of rotatable bonds is 4. The van der Waals surface area contributed by atoms with Gasteiger partial charge in [0.2, 0.25) is 0 Å². The van der Waals surface area contributed by atoms with E-state index >= 15 is 0 Å². The lowest BCUT2D eigenvalue weighted by Crippen LogP contribution is -2.36. The molecule has 34 heavy (non-hydrogen) atoms. The molecule has 7 nitrogen and oxygen atoms in total. The average molecular weight is 584 g/mol. The van der Waals surface area contributed by atoms with E-state index in [9.17, 15) is 14.4 Å². The Morgan fingerprint density at radius 3 is 2.03 bits per heavy atom. The van der Waals surface area contributed by atoms with Crippen molar-refractivity contribution in [3.8, 4) is 0 Å². The predicted octanol–water partition coefficient (Wildman–Crippen LogP) is 5.74. The fraction of sp³-hybridized carbons (Fsp3) is 0.0800.